The van der Waals surface area contributed by atoms with Crippen molar-refractivity contribution in [2.45, 2.75) is 19.3 Å². The van der Waals surface area contributed by atoms with E-state index >= 15 is 0 Å². The van der Waals surface area contributed by atoms with Gasteiger partial charge in [-0.15, -0.1) is 0 Å². The van der Waals surface area contributed by atoms with E-state index in [0.717, 1.165) is 23.3 Å². The Labute approximate surface area is 118 Å². The number of benzene rings is 2. The van der Waals surface area contributed by atoms with Crippen LogP contribution in [-0.4, -0.2) is 13.2 Å². The van der Waals surface area contributed by atoms with Gasteiger partial charge in [0.2, 0.25) is 0 Å². The maximum absolute atomic E-state index is 13.7. The minimum Gasteiger partial charge on any atom is -0.493 e. The van der Waals surface area contributed by atoms with Gasteiger partial charge in [-0.2, -0.15) is 0 Å². The molecule has 1 atom stereocenters. The standard InChI is InChI=1S/C17H17FO2/c1-12-6-7-15(18)17(10-12)20-11-13-8-9-19-16-5-3-2-4-14(13)16/h2-7,10,13H,8-9,11H2,1H3. The fourth-order valence-corrected chi connectivity index (χ4v) is 2.50. The Morgan fingerprint density at radius 1 is 1.25 bits per heavy atom. The number of fused-ring (bicyclic) bond motifs is 1. The zero-order chi connectivity index (χ0) is 13.9. The van der Waals surface area contributed by atoms with Crippen LogP contribution in [0.5, 0.6) is 11.5 Å². The van der Waals surface area contributed by atoms with Crippen LogP contribution in [0.2, 0.25) is 0 Å². The second-order valence-corrected chi connectivity index (χ2v) is 5.12. The van der Waals surface area contributed by atoms with E-state index in [2.05, 4.69) is 6.07 Å². The van der Waals surface area contributed by atoms with E-state index < -0.39 is 0 Å². The zero-order valence-corrected chi connectivity index (χ0v) is 11.4. The SMILES string of the molecule is Cc1ccc(F)c(OCC2CCOc3ccccc32)c1. The Balaban J connectivity index is 1.75. The molecule has 20 heavy (non-hydrogen) atoms. The molecule has 0 aliphatic carbocycles. The molecule has 0 saturated carbocycles. The molecule has 0 amide bonds. The van der Waals surface area contributed by atoms with Crippen molar-refractivity contribution < 1.29 is 13.9 Å². The molecule has 1 aliphatic heterocycles. The van der Waals surface area contributed by atoms with Crippen LogP contribution in [-0.2, 0) is 0 Å². The molecule has 3 rings (SSSR count). The van der Waals surface area contributed by atoms with Crippen LogP contribution in [0.25, 0.3) is 0 Å². The summed E-state index contributed by atoms with van der Waals surface area (Å²) in [5, 5.41) is 0. The fraction of sp³-hybridized carbons (Fsp3) is 0.294. The van der Waals surface area contributed by atoms with Gasteiger partial charge in [0.15, 0.2) is 11.6 Å². The Morgan fingerprint density at radius 2 is 2.10 bits per heavy atom. The summed E-state index contributed by atoms with van der Waals surface area (Å²) in [6, 6.07) is 12.9. The van der Waals surface area contributed by atoms with Crippen LogP contribution >= 0.6 is 0 Å². The Kier molecular flexibility index (Phi) is 3.59. The number of aryl methyl sites for hydroxylation is 1. The van der Waals surface area contributed by atoms with E-state index in [4.69, 9.17) is 9.47 Å². The summed E-state index contributed by atoms with van der Waals surface area (Å²) in [6.07, 6.45) is 0.893. The summed E-state index contributed by atoms with van der Waals surface area (Å²) in [4.78, 5) is 0. The summed E-state index contributed by atoms with van der Waals surface area (Å²) in [5.41, 5.74) is 2.14. The molecule has 1 aliphatic rings. The number of hydrogen-bond acceptors (Lipinski definition) is 2. The minimum absolute atomic E-state index is 0.250. The molecule has 1 heterocycles. The van der Waals surface area contributed by atoms with E-state index in [1.54, 1.807) is 12.1 Å². The second-order valence-electron chi connectivity index (χ2n) is 5.12. The third kappa shape index (κ3) is 2.62. The van der Waals surface area contributed by atoms with Gasteiger partial charge in [0.1, 0.15) is 5.75 Å². The Bertz CT molecular complexity index is 610. The molecule has 0 fully saturated rings. The number of hydrogen-bond donors (Lipinski definition) is 0. The van der Waals surface area contributed by atoms with Gasteiger partial charge in [0, 0.05) is 11.5 Å². The normalized spacial score (nSPS) is 17.2. The van der Waals surface area contributed by atoms with Crippen LogP contribution in [0.1, 0.15) is 23.5 Å². The van der Waals surface area contributed by atoms with Gasteiger partial charge in [0.25, 0.3) is 0 Å². The average molecular weight is 272 g/mol. The van der Waals surface area contributed by atoms with Gasteiger partial charge in [-0.25, -0.2) is 4.39 Å². The first-order chi connectivity index (χ1) is 9.74. The monoisotopic (exact) mass is 272 g/mol. The summed E-state index contributed by atoms with van der Waals surface area (Å²) in [7, 11) is 0. The molecule has 0 bridgehead atoms. The van der Waals surface area contributed by atoms with E-state index in [0.29, 0.717) is 19.0 Å². The predicted molar refractivity (Wildman–Crippen MR) is 75.9 cm³/mol. The Hall–Kier alpha value is -2.03. The highest BCUT2D eigenvalue weighted by Gasteiger charge is 2.22. The van der Waals surface area contributed by atoms with Gasteiger partial charge >= 0.3 is 0 Å². The molecule has 0 radical (unpaired) electrons. The van der Waals surface area contributed by atoms with Crippen LogP contribution < -0.4 is 9.47 Å². The van der Waals surface area contributed by atoms with Gasteiger partial charge in [-0.3, -0.25) is 0 Å². The maximum Gasteiger partial charge on any atom is 0.165 e. The highest BCUT2D eigenvalue weighted by Crippen LogP contribution is 2.34. The Morgan fingerprint density at radius 3 is 3.00 bits per heavy atom. The van der Waals surface area contributed by atoms with Crippen LogP contribution in [0, 0.1) is 12.7 Å². The van der Waals surface area contributed by atoms with Gasteiger partial charge in [-0.05, 0) is 37.1 Å². The first-order valence-corrected chi connectivity index (χ1v) is 6.85. The van der Waals surface area contributed by atoms with Crippen molar-refractivity contribution in [3.05, 3.63) is 59.4 Å². The van der Waals surface area contributed by atoms with Crippen molar-refractivity contribution in [3.8, 4) is 11.5 Å². The summed E-state index contributed by atoms with van der Waals surface area (Å²) < 4.78 is 25.0. The quantitative estimate of drug-likeness (QED) is 0.838. The van der Waals surface area contributed by atoms with Crippen molar-refractivity contribution in [3.63, 3.8) is 0 Å². The molecule has 1 unspecified atom stereocenters. The van der Waals surface area contributed by atoms with Crippen molar-refractivity contribution in [2.75, 3.05) is 13.2 Å². The molecule has 104 valence electrons. The fourth-order valence-electron chi connectivity index (χ4n) is 2.50. The van der Waals surface area contributed by atoms with Crippen molar-refractivity contribution >= 4 is 0 Å². The molecular formula is C17H17FO2. The molecule has 2 aromatic carbocycles. The minimum atomic E-state index is -0.309. The zero-order valence-electron chi connectivity index (χ0n) is 11.4. The number of rotatable bonds is 3. The summed E-state index contributed by atoms with van der Waals surface area (Å²) >= 11 is 0. The van der Waals surface area contributed by atoms with Gasteiger partial charge in [0.05, 0.1) is 13.2 Å². The molecule has 0 spiro atoms. The molecular weight excluding hydrogens is 255 g/mol. The summed E-state index contributed by atoms with van der Waals surface area (Å²) in [5.74, 6) is 1.18. The third-order valence-corrected chi connectivity index (χ3v) is 3.61. The van der Waals surface area contributed by atoms with Crippen molar-refractivity contribution in [2.24, 2.45) is 0 Å². The molecule has 2 nitrogen and oxygen atoms in total. The largest absolute Gasteiger partial charge is 0.493 e. The van der Waals surface area contributed by atoms with Crippen LogP contribution in [0.3, 0.4) is 0 Å². The molecule has 2 aromatic rings. The second kappa shape index (κ2) is 5.53. The lowest BCUT2D eigenvalue weighted by Crippen LogP contribution is -2.19. The first-order valence-electron chi connectivity index (χ1n) is 6.85. The lowest BCUT2D eigenvalue weighted by Gasteiger charge is -2.25. The highest BCUT2D eigenvalue weighted by molar-refractivity contribution is 5.38. The van der Waals surface area contributed by atoms with Crippen LogP contribution in [0.15, 0.2) is 42.5 Å². The lowest BCUT2D eigenvalue weighted by molar-refractivity contribution is 0.213. The average Bonchev–Trinajstić information content (AvgIpc) is 2.48. The number of para-hydroxylation sites is 1. The van der Waals surface area contributed by atoms with Crippen molar-refractivity contribution in [1.29, 1.82) is 0 Å². The molecule has 0 N–H and O–H groups in total. The van der Waals surface area contributed by atoms with E-state index in [1.807, 2.05) is 25.1 Å². The third-order valence-electron chi connectivity index (χ3n) is 3.61. The first kappa shape index (κ1) is 13.0. The van der Waals surface area contributed by atoms with Crippen molar-refractivity contribution in [1.82, 2.24) is 0 Å². The predicted octanol–water partition coefficient (Wildman–Crippen LogP) is 4.08. The smallest absolute Gasteiger partial charge is 0.165 e. The van der Waals surface area contributed by atoms with E-state index in [1.165, 1.54) is 6.07 Å². The van der Waals surface area contributed by atoms with Gasteiger partial charge < -0.3 is 9.47 Å². The van der Waals surface area contributed by atoms with E-state index in [9.17, 15) is 4.39 Å². The lowest BCUT2D eigenvalue weighted by atomic mass is 9.94. The highest BCUT2D eigenvalue weighted by atomic mass is 19.1. The molecule has 3 heteroatoms. The molecule has 0 aromatic heterocycles. The van der Waals surface area contributed by atoms with Crippen LogP contribution in [0.4, 0.5) is 4.39 Å². The van der Waals surface area contributed by atoms with Gasteiger partial charge in [-0.1, -0.05) is 24.3 Å². The topological polar surface area (TPSA) is 18.5 Å². The number of ether oxygens (including phenoxy) is 2. The summed E-state index contributed by atoms with van der Waals surface area (Å²) in [6.45, 7) is 3.08. The maximum atomic E-state index is 13.7. The molecule has 0 saturated heterocycles. The van der Waals surface area contributed by atoms with E-state index in [-0.39, 0.29) is 11.7 Å². The number of halogens is 1.